The largest absolute Gasteiger partial charge is 0.462 e. The summed E-state index contributed by atoms with van der Waals surface area (Å²) in [6.45, 7) is 0. The molecular formula is C25H39ClO4S. The van der Waals surface area contributed by atoms with Crippen LogP contribution in [0.2, 0.25) is 0 Å². The first-order valence-electron chi connectivity index (χ1n) is 12.4. The summed E-state index contributed by atoms with van der Waals surface area (Å²) < 4.78 is 5.58. The van der Waals surface area contributed by atoms with Crippen LogP contribution in [0.15, 0.2) is 0 Å². The molecule has 0 aromatic rings. The summed E-state index contributed by atoms with van der Waals surface area (Å²) in [6, 6.07) is 0. The first-order valence-corrected chi connectivity index (χ1v) is 13.9. The highest BCUT2D eigenvalue weighted by molar-refractivity contribution is 8.00. The Hall–Kier alpha value is -0.410. The zero-order valence-corrected chi connectivity index (χ0v) is 20.2. The molecule has 6 heteroatoms. The van der Waals surface area contributed by atoms with Crippen LogP contribution >= 0.6 is 23.4 Å². The van der Waals surface area contributed by atoms with Crippen molar-refractivity contribution < 1.29 is 19.7 Å². The van der Waals surface area contributed by atoms with Crippen LogP contribution in [-0.4, -0.2) is 50.9 Å². The molecule has 3 saturated carbocycles. The molecule has 0 heterocycles. The van der Waals surface area contributed by atoms with Gasteiger partial charge in [-0.3, -0.25) is 4.79 Å². The summed E-state index contributed by atoms with van der Waals surface area (Å²) in [5.74, 6) is 7.13. The van der Waals surface area contributed by atoms with E-state index in [1.54, 1.807) is 11.8 Å². The molecule has 0 aliphatic heterocycles. The Balaban J connectivity index is 1.37. The van der Waals surface area contributed by atoms with Gasteiger partial charge in [0.2, 0.25) is 0 Å². The Labute approximate surface area is 197 Å². The average molecular weight is 471 g/mol. The second kappa shape index (κ2) is 13.3. The van der Waals surface area contributed by atoms with Crippen molar-refractivity contribution in [3.05, 3.63) is 0 Å². The minimum atomic E-state index is -0.595. The van der Waals surface area contributed by atoms with Gasteiger partial charge in [-0.05, 0) is 69.5 Å². The van der Waals surface area contributed by atoms with Gasteiger partial charge in [0.05, 0.1) is 12.0 Å². The van der Waals surface area contributed by atoms with E-state index in [1.807, 2.05) is 0 Å². The molecule has 0 aromatic carbocycles. The SMILES string of the molecule is O=C(CCCCS[C@@H]1[C@@H](C#C[C@@H](O)C2CCCCC2)[C@H](O)C[C@H]1Cl)OC1CCCCC1. The number of aliphatic hydroxyl groups is 2. The van der Waals surface area contributed by atoms with Gasteiger partial charge in [0, 0.05) is 17.0 Å². The Morgan fingerprint density at radius 1 is 1.06 bits per heavy atom. The number of hydrogen-bond donors (Lipinski definition) is 2. The minimum absolute atomic E-state index is 0.0659. The van der Waals surface area contributed by atoms with Crippen molar-refractivity contribution in [1.29, 1.82) is 0 Å². The van der Waals surface area contributed by atoms with Gasteiger partial charge >= 0.3 is 5.97 Å². The Morgan fingerprint density at radius 3 is 2.45 bits per heavy atom. The summed E-state index contributed by atoms with van der Waals surface area (Å²) in [6.07, 6.45) is 13.1. The van der Waals surface area contributed by atoms with Crippen LogP contribution in [0.1, 0.15) is 89.9 Å². The molecule has 5 atom stereocenters. The minimum Gasteiger partial charge on any atom is -0.462 e. The maximum absolute atomic E-state index is 12.0. The number of thioether (sulfide) groups is 1. The molecule has 3 aliphatic carbocycles. The number of carbonyl (C=O) groups is 1. The lowest BCUT2D eigenvalue weighted by Gasteiger charge is -2.23. The first kappa shape index (κ1) is 25.2. The molecule has 0 radical (unpaired) electrons. The summed E-state index contributed by atoms with van der Waals surface area (Å²) in [7, 11) is 0. The Morgan fingerprint density at radius 2 is 1.74 bits per heavy atom. The summed E-state index contributed by atoms with van der Waals surface area (Å²) in [5.41, 5.74) is 0. The van der Waals surface area contributed by atoms with Crippen LogP contribution in [0.3, 0.4) is 0 Å². The zero-order valence-electron chi connectivity index (χ0n) is 18.6. The molecule has 4 nitrogen and oxygen atoms in total. The normalized spacial score (nSPS) is 31.1. The first-order chi connectivity index (χ1) is 15.0. The Kier molecular flexibility index (Phi) is 10.8. The zero-order chi connectivity index (χ0) is 22.1. The topological polar surface area (TPSA) is 66.8 Å². The number of ether oxygens (including phenoxy) is 1. The van der Waals surface area contributed by atoms with E-state index in [1.165, 1.54) is 38.5 Å². The van der Waals surface area contributed by atoms with Gasteiger partial charge in [0.25, 0.3) is 0 Å². The van der Waals surface area contributed by atoms with Crippen molar-refractivity contribution in [2.75, 3.05) is 5.75 Å². The number of aliphatic hydroxyl groups excluding tert-OH is 2. The predicted molar refractivity (Wildman–Crippen MR) is 127 cm³/mol. The number of esters is 1. The van der Waals surface area contributed by atoms with E-state index in [4.69, 9.17) is 16.3 Å². The quantitative estimate of drug-likeness (QED) is 0.224. The number of hydrogen-bond acceptors (Lipinski definition) is 5. The van der Waals surface area contributed by atoms with Crippen LogP contribution in [0.25, 0.3) is 0 Å². The van der Waals surface area contributed by atoms with Crippen molar-refractivity contribution in [3.63, 3.8) is 0 Å². The molecule has 3 aliphatic rings. The third-order valence-corrected chi connectivity index (χ3v) is 9.15. The average Bonchev–Trinajstić information content (AvgIpc) is 3.05. The van der Waals surface area contributed by atoms with Crippen LogP contribution in [0.5, 0.6) is 0 Å². The standard InChI is InChI=1S/C25H39ClO4S/c26-21-17-23(28)20(14-15-22(27)18-9-3-1-4-10-18)25(21)31-16-8-7-13-24(29)30-19-11-5-2-6-12-19/h18-23,25,27-28H,1-13,16-17H2/t20-,21+,22+,23+,25+/m0/s1. The second-order valence-corrected chi connectivity index (χ2v) is 11.4. The van der Waals surface area contributed by atoms with Crippen molar-refractivity contribution in [3.8, 4) is 11.8 Å². The summed E-state index contributed by atoms with van der Waals surface area (Å²) in [4.78, 5) is 12.0. The van der Waals surface area contributed by atoms with Crippen LogP contribution in [0.4, 0.5) is 0 Å². The van der Waals surface area contributed by atoms with Crippen molar-refractivity contribution in [2.24, 2.45) is 11.8 Å². The molecule has 176 valence electrons. The van der Waals surface area contributed by atoms with Crippen molar-refractivity contribution in [2.45, 2.75) is 119 Å². The molecule has 3 rings (SSSR count). The second-order valence-electron chi connectivity index (χ2n) is 9.52. The third kappa shape index (κ3) is 8.14. The maximum Gasteiger partial charge on any atom is 0.306 e. The van der Waals surface area contributed by atoms with Crippen LogP contribution in [-0.2, 0) is 9.53 Å². The molecule has 3 fully saturated rings. The monoisotopic (exact) mass is 470 g/mol. The third-order valence-electron chi connectivity index (χ3n) is 7.02. The van der Waals surface area contributed by atoms with E-state index in [9.17, 15) is 15.0 Å². The molecule has 0 amide bonds. The van der Waals surface area contributed by atoms with Gasteiger partial charge in [0.15, 0.2) is 0 Å². The van der Waals surface area contributed by atoms with Crippen LogP contribution < -0.4 is 0 Å². The van der Waals surface area contributed by atoms with E-state index in [0.717, 1.165) is 44.3 Å². The molecule has 2 N–H and O–H groups in total. The van der Waals surface area contributed by atoms with E-state index < -0.39 is 12.2 Å². The van der Waals surface area contributed by atoms with Gasteiger partial charge < -0.3 is 14.9 Å². The summed E-state index contributed by atoms with van der Waals surface area (Å²) >= 11 is 8.27. The molecule has 0 spiro atoms. The fraction of sp³-hybridized carbons (Fsp3) is 0.880. The highest BCUT2D eigenvalue weighted by atomic mass is 35.5. The van der Waals surface area contributed by atoms with Crippen LogP contribution in [0, 0.1) is 23.7 Å². The van der Waals surface area contributed by atoms with E-state index in [0.29, 0.717) is 12.8 Å². The van der Waals surface area contributed by atoms with E-state index >= 15 is 0 Å². The van der Waals surface area contributed by atoms with Gasteiger partial charge in [-0.2, -0.15) is 11.8 Å². The van der Waals surface area contributed by atoms with Crippen molar-refractivity contribution in [1.82, 2.24) is 0 Å². The fourth-order valence-electron chi connectivity index (χ4n) is 5.11. The smallest absolute Gasteiger partial charge is 0.306 e. The number of rotatable bonds is 8. The van der Waals surface area contributed by atoms with Gasteiger partial charge in [-0.15, -0.1) is 11.6 Å². The lowest BCUT2D eigenvalue weighted by molar-refractivity contribution is -0.150. The molecule has 0 unspecified atom stereocenters. The predicted octanol–water partition coefficient (Wildman–Crippen LogP) is 5.07. The van der Waals surface area contributed by atoms with E-state index in [-0.39, 0.29) is 34.5 Å². The molecule has 31 heavy (non-hydrogen) atoms. The highest BCUT2D eigenvalue weighted by Crippen LogP contribution is 2.39. The number of carbonyl (C=O) groups excluding carboxylic acids is 1. The summed E-state index contributed by atoms with van der Waals surface area (Å²) in [5, 5.41) is 20.8. The molecular weight excluding hydrogens is 432 g/mol. The number of halogens is 1. The molecule has 0 saturated heterocycles. The maximum atomic E-state index is 12.0. The van der Waals surface area contributed by atoms with Gasteiger partial charge in [0.1, 0.15) is 12.2 Å². The lowest BCUT2D eigenvalue weighted by atomic mass is 9.85. The molecule has 0 bridgehead atoms. The van der Waals surface area contributed by atoms with Gasteiger partial charge in [-0.1, -0.05) is 37.5 Å². The Bertz CT molecular complexity index is 606. The highest BCUT2D eigenvalue weighted by Gasteiger charge is 2.41. The van der Waals surface area contributed by atoms with Gasteiger partial charge in [-0.25, -0.2) is 0 Å². The number of alkyl halides is 1. The molecule has 0 aromatic heterocycles. The number of unbranched alkanes of at least 4 members (excludes halogenated alkanes) is 1. The lowest BCUT2D eigenvalue weighted by Crippen LogP contribution is -2.24. The van der Waals surface area contributed by atoms with E-state index in [2.05, 4.69) is 11.8 Å². The van der Waals surface area contributed by atoms with Crippen molar-refractivity contribution >= 4 is 29.3 Å². The fourth-order valence-corrected chi connectivity index (χ4v) is 7.09.